The molecular formula is C16H13FN4O3. The molecule has 0 spiro atoms. The van der Waals surface area contributed by atoms with Crippen molar-refractivity contribution in [1.29, 1.82) is 0 Å². The molecule has 7 nitrogen and oxygen atoms in total. The van der Waals surface area contributed by atoms with Crippen LogP contribution in [0.25, 0.3) is 11.0 Å². The van der Waals surface area contributed by atoms with Gasteiger partial charge in [0.25, 0.3) is 11.6 Å². The van der Waals surface area contributed by atoms with Crippen LogP contribution in [0.5, 0.6) is 0 Å². The molecule has 1 amide bonds. The topological polar surface area (TPSA) is 101 Å². The minimum Gasteiger partial charge on any atom is -0.345 e. The molecule has 0 radical (unpaired) electrons. The number of rotatable bonds is 4. The molecule has 0 saturated heterocycles. The molecule has 1 heterocycles. The Kier molecular flexibility index (Phi) is 3.95. The number of nitrogens with zero attached hydrogens (tertiary/aromatic N) is 2. The maximum atomic E-state index is 13.2. The highest BCUT2D eigenvalue weighted by Gasteiger charge is 2.18. The lowest BCUT2D eigenvalue weighted by Crippen LogP contribution is -2.24. The lowest BCUT2D eigenvalue weighted by atomic mass is 10.1. The van der Waals surface area contributed by atoms with Crippen LogP contribution >= 0.6 is 0 Å². The van der Waals surface area contributed by atoms with E-state index in [2.05, 4.69) is 15.3 Å². The third-order valence-corrected chi connectivity index (χ3v) is 3.66. The minimum atomic E-state index is -0.528. The summed E-state index contributed by atoms with van der Waals surface area (Å²) in [7, 11) is 0. The molecule has 2 N–H and O–H groups in total. The summed E-state index contributed by atoms with van der Waals surface area (Å²) < 4.78 is 13.2. The third-order valence-electron chi connectivity index (χ3n) is 3.66. The van der Waals surface area contributed by atoms with Gasteiger partial charge in [-0.2, -0.15) is 0 Å². The lowest BCUT2D eigenvalue weighted by molar-refractivity contribution is -0.385. The predicted molar refractivity (Wildman–Crippen MR) is 85.1 cm³/mol. The van der Waals surface area contributed by atoms with E-state index in [4.69, 9.17) is 0 Å². The standard InChI is InChI=1S/C16H13FN4O3/c1-9-11(3-2-4-14(9)21(23)24)16(22)18-8-15-19-12-6-5-10(17)7-13(12)20-15/h2-7H,8H2,1H3,(H,18,22)(H,19,20). The van der Waals surface area contributed by atoms with E-state index in [1.165, 1.54) is 43.3 Å². The zero-order valence-corrected chi connectivity index (χ0v) is 12.7. The van der Waals surface area contributed by atoms with Gasteiger partial charge in [0.05, 0.1) is 22.5 Å². The fourth-order valence-corrected chi connectivity index (χ4v) is 2.44. The second-order valence-electron chi connectivity index (χ2n) is 5.23. The summed E-state index contributed by atoms with van der Waals surface area (Å²) in [6.07, 6.45) is 0. The molecule has 0 aliphatic rings. The van der Waals surface area contributed by atoms with Crippen LogP contribution in [0.2, 0.25) is 0 Å². The number of carbonyl (C=O) groups excluding carboxylic acids is 1. The highest BCUT2D eigenvalue weighted by molar-refractivity contribution is 5.96. The van der Waals surface area contributed by atoms with Crippen molar-refractivity contribution >= 4 is 22.6 Å². The molecular weight excluding hydrogens is 315 g/mol. The van der Waals surface area contributed by atoms with Gasteiger partial charge in [0.1, 0.15) is 11.6 Å². The Morgan fingerprint density at radius 1 is 1.38 bits per heavy atom. The molecule has 122 valence electrons. The fraction of sp³-hybridized carbons (Fsp3) is 0.125. The highest BCUT2D eigenvalue weighted by atomic mass is 19.1. The molecule has 24 heavy (non-hydrogen) atoms. The Hall–Kier alpha value is -3.29. The normalized spacial score (nSPS) is 10.8. The quantitative estimate of drug-likeness (QED) is 0.568. The molecule has 3 rings (SSSR count). The van der Waals surface area contributed by atoms with Crippen LogP contribution < -0.4 is 5.32 Å². The summed E-state index contributed by atoms with van der Waals surface area (Å²) in [6.45, 7) is 1.62. The number of halogens is 1. The Morgan fingerprint density at radius 3 is 2.92 bits per heavy atom. The lowest BCUT2D eigenvalue weighted by Gasteiger charge is -2.06. The first-order chi connectivity index (χ1) is 11.5. The molecule has 0 bridgehead atoms. The summed E-state index contributed by atoms with van der Waals surface area (Å²) in [5.74, 6) is -0.358. The third kappa shape index (κ3) is 2.94. The number of hydrogen-bond donors (Lipinski definition) is 2. The van der Waals surface area contributed by atoms with E-state index in [9.17, 15) is 19.3 Å². The number of nitro benzene ring substituents is 1. The number of nitrogens with one attached hydrogen (secondary N) is 2. The molecule has 2 aromatic carbocycles. The van der Waals surface area contributed by atoms with Crippen molar-refractivity contribution in [2.75, 3.05) is 0 Å². The van der Waals surface area contributed by atoms with Crippen molar-refractivity contribution in [3.8, 4) is 0 Å². The van der Waals surface area contributed by atoms with Gasteiger partial charge in [0.2, 0.25) is 0 Å². The van der Waals surface area contributed by atoms with Crippen molar-refractivity contribution in [2.24, 2.45) is 0 Å². The number of fused-ring (bicyclic) bond motifs is 1. The monoisotopic (exact) mass is 328 g/mol. The molecule has 0 aliphatic heterocycles. The van der Waals surface area contributed by atoms with Crippen molar-refractivity contribution < 1.29 is 14.1 Å². The Balaban J connectivity index is 1.77. The van der Waals surface area contributed by atoms with Crippen molar-refractivity contribution in [3.05, 3.63) is 69.3 Å². The van der Waals surface area contributed by atoms with E-state index < -0.39 is 10.8 Å². The highest BCUT2D eigenvalue weighted by Crippen LogP contribution is 2.21. The number of benzene rings is 2. The van der Waals surface area contributed by atoms with Crippen LogP contribution in [0.3, 0.4) is 0 Å². The van der Waals surface area contributed by atoms with Gasteiger partial charge in [-0.1, -0.05) is 6.07 Å². The number of carbonyl (C=O) groups is 1. The van der Waals surface area contributed by atoms with Gasteiger partial charge >= 0.3 is 0 Å². The van der Waals surface area contributed by atoms with Crippen LogP contribution in [0.1, 0.15) is 21.7 Å². The maximum absolute atomic E-state index is 13.2. The van der Waals surface area contributed by atoms with Crippen LogP contribution in [-0.4, -0.2) is 20.8 Å². The molecule has 0 atom stereocenters. The molecule has 0 fully saturated rings. The first kappa shape index (κ1) is 15.6. The SMILES string of the molecule is Cc1c(C(=O)NCc2nc3ccc(F)cc3[nH]2)cccc1[N+](=O)[O-]. The second-order valence-corrected chi connectivity index (χ2v) is 5.23. The summed E-state index contributed by atoms with van der Waals surface area (Å²) in [6, 6.07) is 8.49. The molecule has 3 aromatic rings. The smallest absolute Gasteiger partial charge is 0.273 e. The van der Waals surface area contributed by atoms with Gasteiger partial charge in [0, 0.05) is 17.2 Å². The van der Waals surface area contributed by atoms with Gasteiger partial charge in [-0.05, 0) is 31.2 Å². The van der Waals surface area contributed by atoms with E-state index in [0.29, 0.717) is 22.4 Å². The first-order valence-corrected chi connectivity index (χ1v) is 7.12. The van der Waals surface area contributed by atoms with E-state index >= 15 is 0 Å². The second kappa shape index (κ2) is 6.07. The molecule has 8 heteroatoms. The van der Waals surface area contributed by atoms with E-state index in [0.717, 1.165) is 0 Å². The van der Waals surface area contributed by atoms with E-state index in [1.807, 2.05) is 0 Å². The van der Waals surface area contributed by atoms with Gasteiger partial charge in [-0.3, -0.25) is 14.9 Å². The number of nitro groups is 1. The summed E-state index contributed by atoms with van der Waals surface area (Å²) in [5, 5.41) is 13.6. The zero-order chi connectivity index (χ0) is 17.3. The summed E-state index contributed by atoms with van der Waals surface area (Å²) in [5.41, 5.74) is 1.54. The van der Waals surface area contributed by atoms with Crippen LogP contribution in [-0.2, 0) is 6.54 Å². The fourth-order valence-electron chi connectivity index (χ4n) is 2.44. The Labute approximate surface area is 135 Å². The van der Waals surface area contributed by atoms with Gasteiger partial charge in [-0.25, -0.2) is 9.37 Å². The average molecular weight is 328 g/mol. The largest absolute Gasteiger partial charge is 0.345 e. The minimum absolute atomic E-state index is 0.0945. The average Bonchev–Trinajstić information content (AvgIpc) is 2.94. The number of aromatic amines is 1. The first-order valence-electron chi connectivity index (χ1n) is 7.12. The van der Waals surface area contributed by atoms with Crippen LogP contribution in [0.15, 0.2) is 36.4 Å². The number of hydrogen-bond acceptors (Lipinski definition) is 4. The zero-order valence-electron chi connectivity index (χ0n) is 12.7. The summed E-state index contributed by atoms with van der Waals surface area (Å²) >= 11 is 0. The van der Waals surface area contributed by atoms with Crippen LogP contribution in [0, 0.1) is 22.9 Å². The number of aromatic nitrogens is 2. The molecule has 1 aromatic heterocycles. The predicted octanol–water partition coefficient (Wildman–Crippen LogP) is 2.85. The Morgan fingerprint density at radius 2 is 2.17 bits per heavy atom. The molecule has 0 aliphatic carbocycles. The van der Waals surface area contributed by atoms with Crippen molar-refractivity contribution in [3.63, 3.8) is 0 Å². The van der Waals surface area contributed by atoms with Crippen molar-refractivity contribution in [2.45, 2.75) is 13.5 Å². The molecule has 0 saturated carbocycles. The van der Waals surface area contributed by atoms with Gasteiger partial charge in [-0.15, -0.1) is 0 Å². The van der Waals surface area contributed by atoms with Crippen molar-refractivity contribution in [1.82, 2.24) is 15.3 Å². The molecule has 0 unspecified atom stereocenters. The number of imidazole rings is 1. The maximum Gasteiger partial charge on any atom is 0.273 e. The summed E-state index contributed by atoms with van der Waals surface area (Å²) in [4.78, 5) is 29.8. The number of amides is 1. The van der Waals surface area contributed by atoms with Crippen LogP contribution in [0.4, 0.5) is 10.1 Å². The van der Waals surface area contributed by atoms with Gasteiger partial charge in [0.15, 0.2) is 0 Å². The van der Waals surface area contributed by atoms with Gasteiger partial charge < -0.3 is 10.3 Å². The number of H-pyrrole nitrogens is 1. The van der Waals surface area contributed by atoms with E-state index in [1.54, 1.807) is 0 Å². The van der Waals surface area contributed by atoms with E-state index in [-0.39, 0.29) is 23.6 Å². The Bertz CT molecular complexity index is 952.